The molecule has 3 heteroatoms. The van der Waals surface area contributed by atoms with Crippen molar-refractivity contribution in [2.75, 3.05) is 19.6 Å². The summed E-state index contributed by atoms with van der Waals surface area (Å²) in [7, 11) is 0. The maximum atomic E-state index is 5.54. The predicted molar refractivity (Wildman–Crippen MR) is 110 cm³/mol. The summed E-state index contributed by atoms with van der Waals surface area (Å²) in [6.07, 6.45) is 7.12. The molecule has 1 aliphatic rings. The summed E-state index contributed by atoms with van der Waals surface area (Å²) >= 11 is 0. The van der Waals surface area contributed by atoms with Gasteiger partial charge in [0.05, 0.1) is 12.0 Å². The normalized spacial score (nSPS) is 16.3. The van der Waals surface area contributed by atoms with Crippen LogP contribution in [0.1, 0.15) is 30.0 Å². The van der Waals surface area contributed by atoms with Crippen LogP contribution in [-0.2, 0) is 6.42 Å². The SMILES string of the molecule is c1ccc2c(CCN3CCC(c4nccc5occc45)CC3)cccc2c1. The molecular formula is C24H24N2O. The maximum absolute atomic E-state index is 5.54. The van der Waals surface area contributed by atoms with Crippen LogP contribution in [0.2, 0.25) is 0 Å². The predicted octanol–water partition coefficient (Wildman–Crippen LogP) is 5.40. The molecule has 0 atom stereocenters. The third-order valence-electron chi connectivity index (χ3n) is 5.96. The van der Waals surface area contributed by atoms with Crippen molar-refractivity contribution in [1.82, 2.24) is 9.88 Å². The molecule has 0 bridgehead atoms. The minimum absolute atomic E-state index is 0.542. The Kier molecular flexibility index (Phi) is 4.38. The Morgan fingerprint density at radius 1 is 0.926 bits per heavy atom. The van der Waals surface area contributed by atoms with Gasteiger partial charge in [0.1, 0.15) is 5.58 Å². The van der Waals surface area contributed by atoms with Crippen LogP contribution in [0.4, 0.5) is 0 Å². The molecule has 0 N–H and O–H groups in total. The molecule has 27 heavy (non-hydrogen) atoms. The van der Waals surface area contributed by atoms with Crippen molar-refractivity contribution in [2.24, 2.45) is 0 Å². The van der Waals surface area contributed by atoms with Crippen molar-refractivity contribution < 1.29 is 4.42 Å². The van der Waals surface area contributed by atoms with Gasteiger partial charge in [0, 0.05) is 24.0 Å². The average molecular weight is 356 g/mol. The first-order chi connectivity index (χ1) is 13.4. The van der Waals surface area contributed by atoms with Gasteiger partial charge in [-0.1, -0.05) is 42.5 Å². The summed E-state index contributed by atoms with van der Waals surface area (Å²) in [5, 5.41) is 3.92. The van der Waals surface area contributed by atoms with Crippen molar-refractivity contribution >= 4 is 21.7 Å². The Labute approximate surface area is 159 Å². The average Bonchev–Trinajstić information content (AvgIpc) is 3.22. The Hall–Kier alpha value is -2.65. The van der Waals surface area contributed by atoms with Crippen LogP contribution in [-0.4, -0.2) is 29.5 Å². The Balaban J connectivity index is 1.24. The van der Waals surface area contributed by atoms with Gasteiger partial charge in [-0.2, -0.15) is 0 Å². The first kappa shape index (κ1) is 16.5. The molecule has 0 radical (unpaired) electrons. The summed E-state index contributed by atoms with van der Waals surface area (Å²) in [5.41, 5.74) is 3.63. The van der Waals surface area contributed by atoms with E-state index in [4.69, 9.17) is 4.42 Å². The second kappa shape index (κ2) is 7.16. The van der Waals surface area contributed by atoms with E-state index in [0.29, 0.717) is 5.92 Å². The van der Waals surface area contributed by atoms with E-state index < -0.39 is 0 Å². The van der Waals surface area contributed by atoms with Crippen LogP contribution in [0.5, 0.6) is 0 Å². The molecule has 2 aromatic carbocycles. The third kappa shape index (κ3) is 3.24. The molecule has 3 nitrogen and oxygen atoms in total. The molecule has 0 amide bonds. The summed E-state index contributed by atoms with van der Waals surface area (Å²) < 4.78 is 5.54. The van der Waals surface area contributed by atoms with E-state index in [1.54, 1.807) is 6.26 Å². The van der Waals surface area contributed by atoms with Gasteiger partial charge in [-0.3, -0.25) is 4.98 Å². The lowest BCUT2D eigenvalue weighted by molar-refractivity contribution is 0.214. The zero-order chi connectivity index (χ0) is 18.1. The van der Waals surface area contributed by atoms with Crippen LogP contribution in [0, 0.1) is 0 Å². The van der Waals surface area contributed by atoms with E-state index in [9.17, 15) is 0 Å². The highest BCUT2D eigenvalue weighted by Gasteiger charge is 2.23. The van der Waals surface area contributed by atoms with Gasteiger partial charge in [-0.05, 0) is 60.8 Å². The summed E-state index contributed by atoms with van der Waals surface area (Å²) in [5.74, 6) is 0.542. The number of hydrogen-bond acceptors (Lipinski definition) is 3. The monoisotopic (exact) mass is 356 g/mol. The van der Waals surface area contributed by atoms with Gasteiger partial charge in [-0.15, -0.1) is 0 Å². The number of rotatable bonds is 4. The summed E-state index contributed by atoms with van der Waals surface area (Å²) in [6.45, 7) is 3.42. The van der Waals surface area contributed by atoms with Gasteiger partial charge in [-0.25, -0.2) is 0 Å². The summed E-state index contributed by atoms with van der Waals surface area (Å²) in [6, 6.07) is 19.4. The van der Waals surface area contributed by atoms with Crippen LogP contribution in [0.25, 0.3) is 21.7 Å². The molecule has 0 aliphatic carbocycles. The van der Waals surface area contributed by atoms with E-state index in [1.807, 2.05) is 12.3 Å². The van der Waals surface area contributed by atoms with E-state index in [-0.39, 0.29) is 0 Å². The van der Waals surface area contributed by atoms with Gasteiger partial charge in [0.25, 0.3) is 0 Å². The van der Waals surface area contributed by atoms with Crippen LogP contribution < -0.4 is 0 Å². The number of aromatic nitrogens is 1. The molecule has 136 valence electrons. The van der Waals surface area contributed by atoms with Crippen LogP contribution >= 0.6 is 0 Å². The second-order valence-electron chi connectivity index (χ2n) is 7.53. The molecule has 1 aliphatic heterocycles. The maximum Gasteiger partial charge on any atom is 0.137 e. The highest BCUT2D eigenvalue weighted by molar-refractivity contribution is 5.85. The number of fused-ring (bicyclic) bond motifs is 2. The highest BCUT2D eigenvalue weighted by Crippen LogP contribution is 2.32. The Bertz CT molecular complexity index is 1050. The van der Waals surface area contributed by atoms with Crippen molar-refractivity contribution in [1.29, 1.82) is 0 Å². The largest absolute Gasteiger partial charge is 0.464 e. The van der Waals surface area contributed by atoms with Gasteiger partial charge < -0.3 is 9.32 Å². The molecule has 0 unspecified atom stereocenters. The van der Waals surface area contributed by atoms with E-state index >= 15 is 0 Å². The molecular weight excluding hydrogens is 332 g/mol. The van der Waals surface area contributed by atoms with Crippen molar-refractivity contribution in [3.05, 3.63) is 78.3 Å². The van der Waals surface area contributed by atoms with Crippen LogP contribution in [0.15, 0.2) is 71.5 Å². The molecule has 0 saturated carbocycles. The smallest absolute Gasteiger partial charge is 0.137 e. The number of furan rings is 1. The molecule has 1 saturated heterocycles. The quantitative estimate of drug-likeness (QED) is 0.490. The third-order valence-corrected chi connectivity index (χ3v) is 5.96. The van der Waals surface area contributed by atoms with Gasteiger partial charge >= 0.3 is 0 Å². The number of benzene rings is 2. The van der Waals surface area contributed by atoms with E-state index in [1.165, 1.54) is 40.3 Å². The molecule has 0 spiro atoms. The summed E-state index contributed by atoms with van der Waals surface area (Å²) in [4.78, 5) is 7.28. The second-order valence-corrected chi connectivity index (χ2v) is 7.53. The lowest BCUT2D eigenvalue weighted by Crippen LogP contribution is -2.34. The fourth-order valence-electron chi connectivity index (χ4n) is 4.46. The molecule has 1 fully saturated rings. The standard InChI is InChI=1S/C24H24N2O/c1-2-7-21-18(4-1)5-3-6-19(21)9-14-26-15-10-20(11-16-26)24-22-12-17-27-23(22)8-13-25-24/h1-8,12-13,17,20H,9-11,14-16H2. The number of likely N-dealkylation sites (tertiary alicyclic amines) is 1. The number of hydrogen-bond donors (Lipinski definition) is 0. The minimum atomic E-state index is 0.542. The fourth-order valence-corrected chi connectivity index (χ4v) is 4.46. The minimum Gasteiger partial charge on any atom is -0.464 e. The Morgan fingerprint density at radius 3 is 2.70 bits per heavy atom. The highest BCUT2D eigenvalue weighted by atomic mass is 16.3. The molecule has 4 aromatic rings. The van der Waals surface area contributed by atoms with Gasteiger partial charge in [0.15, 0.2) is 0 Å². The lowest BCUT2D eigenvalue weighted by atomic mass is 9.91. The van der Waals surface area contributed by atoms with Crippen LogP contribution in [0.3, 0.4) is 0 Å². The number of piperidine rings is 1. The first-order valence-electron chi connectivity index (χ1n) is 9.89. The topological polar surface area (TPSA) is 29.3 Å². The number of pyridine rings is 1. The van der Waals surface area contributed by atoms with Crippen molar-refractivity contribution in [3.63, 3.8) is 0 Å². The first-order valence-corrected chi connectivity index (χ1v) is 9.89. The van der Waals surface area contributed by atoms with Gasteiger partial charge in [0.2, 0.25) is 0 Å². The Morgan fingerprint density at radius 2 is 1.78 bits per heavy atom. The number of nitrogens with zero attached hydrogens (tertiary/aromatic N) is 2. The van der Waals surface area contributed by atoms with E-state index in [0.717, 1.165) is 31.6 Å². The zero-order valence-electron chi connectivity index (χ0n) is 15.5. The molecule has 3 heterocycles. The lowest BCUT2D eigenvalue weighted by Gasteiger charge is -2.32. The zero-order valence-corrected chi connectivity index (χ0v) is 15.5. The molecule has 5 rings (SSSR count). The fraction of sp³-hybridized carbons (Fsp3) is 0.292. The molecule has 2 aromatic heterocycles. The van der Waals surface area contributed by atoms with E-state index in [2.05, 4.69) is 58.4 Å². The van der Waals surface area contributed by atoms with Crippen molar-refractivity contribution in [2.45, 2.75) is 25.2 Å². The van der Waals surface area contributed by atoms with Crippen molar-refractivity contribution in [3.8, 4) is 0 Å².